The molecule has 0 aliphatic rings. The maximum Gasteiger partial charge on any atom is 0.255 e. The molecular formula is C24H37N5O. The highest BCUT2D eigenvalue weighted by atomic mass is 16.2. The monoisotopic (exact) mass is 411 g/mol. The Labute approximate surface area is 181 Å². The van der Waals surface area contributed by atoms with Crippen molar-refractivity contribution in [3.63, 3.8) is 0 Å². The molecule has 0 atom stereocenters. The van der Waals surface area contributed by atoms with Gasteiger partial charge in [-0.05, 0) is 59.0 Å². The first kappa shape index (κ1) is 23.7. The maximum atomic E-state index is 13.4. The van der Waals surface area contributed by atoms with Crippen LogP contribution in [0.15, 0.2) is 36.4 Å². The smallest absolute Gasteiger partial charge is 0.255 e. The number of amides is 1. The van der Waals surface area contributed by atoms with Crippen LogP contribution in [0.25, 0.3) is 11.3 Å². The van der Waals surface area contributed by atoms with Crippen molar-refractivity contribution in [3.8, 4) is 11.3 Å². The van der Waals surface area contributed by atoms with Gasteiger partial charge in [-0.25, -0.2) is 4.98 Å². The number of nitrogens with zero attached hydrogens (tertiary/aromatic N) is 3. The number of rotatable bonds is 10. The predicted molar refractivity (Wildman–Crippen MR) is 127 cm³/mol. The van der Waals surface area contributed by atoms with Crippen LogP contribution < -0.4 is 11.1 Å². The van der Waals surface area contributed by atoms with E-state index in [1.165, 1.54) is 0 Å². The molecule has 0 fully saturated rings. The summed E-state index contributed by atoms with van der Waals surface area (Å²) in [5, 5.41) is 3.39. The number of pyridine rings is 1. The topological polar surface area (TPSA) is 74.5 Å². The number of benzene rings is 1. The third-order valence-electron chi connectivity index (χ3n) is 5.31. The van der Waals surface area contributed by atoms with Crippen molar-refractivity contribution in [2.75, 3.05) is 37.2 Å². The zero-order valence-electron chi connectivity index (χ0n) is 19.3. The number of carbonyl (C=O) groups is 1. The third-order valence-corrected chi connectivity index (χ3v) is 5.31. The minimum Gasteiger partial charge on any atom is -0.397 e. The number of anilines is 2. The van der Waals surface area contributed by atoms with Gasteiger partial charge in [0.25, 0.3) is 5.91 Å². The summed E-state index contributed by atoms with van der Waals surface area (Å²) in [5.41, 5.74) is 8.87. The van der Waals surface area contributed by atoms with Crippen LogP contribution >= 0.6 is 0 Å². The van der Waals surface area contributed by atoms with Crippen molar-refractivity contribution in [1.29, 1.82) is 0 Å². The van der Waals surface area contributed by atoms with Crippen LogP contribution in [-0.2, 0) is 0 Å². The molecule has 0 spiro atoms. The van der Waals surface area contributed by atoms with E-state index in [1.807, 2.05) is 69.0 Å². The van der Waals surface area contributed by atoms with Crippen molar-refractivity contribution in [2.45, 2.75) is 53.6 Å². The summed E-state index contributed by atoms with van der Waals surface area (Å²) in [6.07, 6.45) is 0. The van der Waals surface area contributed by atoms with Crippen molar-refractivity contribution < 1.29 is 4.79 Å². The van der Waals surface area contributed by atoms with E-state index in [1.54, 1.807) is 0 Å². The van der Waals surface area contributed by atoms with Crippen molar-refractivity contribution in [1.82, 2.24) is 14.8 Å². The predicted octanol–water partition coefficient (Wildman–Crippen LogP) is 4.34. The molecular weight excluding hydrogens is 374 g/mol. The molecule has 3 N–H and O–H groups in total. The highest BCUT2D eigenvalue weighted by molar-refractivity contribution is 6.02. The van der Waals surface area contributed by atoms with E-state index in [2.05, 4.69) is 24.1 Å². The Morgan fingerprint density at radius 1 is 1.03 bits per heavy atom. The lowest BCUT2D eigenvalue weighted by atomic mass is 10.0. The zero-order chi connectivity index (χ0) is 22.3. The van der Waals surface area contributed by atoms with Gasteiger partial charge in [-0.3, -0.25) is 4.79 Å². The van der Waals surface area contributed by atoms with Gasteiger partial charge in [-0.15, -0.1) is 0 Å². The molecule has 0 saturated heterocycles. The standard InChI is InChI=1S/C24H37N5O/c1-7-28(8-2)16-15-26-22-14-13-21(25)23(27-22)19-11-9-10-12-20(19)24(30)29(17(3)4)18(5)6/h9-14,17-18H,7-8,15-16,25H2,1-6H3,(H,26,27). The Hall–Kier alpha value is -2.60. The third kappa shape index (κ3) is 5.72. The SMILES string of the molecule is CCN(CC)CCNc1ccc(N)c(-c2ccccc2C(=O)N(C(C)C)C(C)C)n1. The van der Waals surface area contributed by atoms with E-state index in [4.69, 9.17) is 10.7 Å². The largest absolute Gasteiger partial charge is 0.397 e. The molecule has 1 amide bonds. The van der Waals surface area contributed by atoms with Crippen molar-refractivity contribution in [3.05, 3.63) is 42.0 Å². The second-order valence-corrected chi connectivity index (χ2v) is 8.03. The van der Waals surface area contributed by atoms with Crippen LogP contribution in [0.2, 0.25) is 0 Å². The molecule has 0 aliphatic carbocycles. The van der Waals surface area contributed by atoms with E-state index < -0.39 is 0 Å². The van der Waals surface area contributed by atoms with E-state index in [-0.39, 0.29) is 18.0 Å². The Morgan fingerprint density at radius 2 is 1.67 bits per heavy atom. The number of nitrogens with one attached hydrogen (secondary N) is 1. The fraction of sp³-hybridized carbons (Fsp3) is 0.500. The van der Waals surface area contributed by atoms with Crippen molar-refractivity contribution >= 4 is 17.4 Å². The summed E-state index contributed by atoms with van der Waals surface area (Å²) >= 11 is 0. The second-order valence-electron chi connectivity index (χ2n) is 8.03. The van der Waals surface area contributed by atoms with Gasteiger partial charge < -0.3 is 20.9 Å². The van der Waals surface area contributed by atoms with E-state index >= 15 is 0 Å². The maximum absolute atomic E-state index is 13.4. The van der Waals surface area contributed by atoms with Gasteiger partial charge in [-0.2, -0.15) is 0 Å². The van der Waals surface area contributed by atoms with Crippen LogP contribution in [0.1, 0.15) is 51.9 Å². The molecule has 2 aromatic rings. The highest BCUT2D eigenvalue weighted by Crippen LogP contribution is 2.30. The minimum absolute atomic E-state index is 0.00306. The number of likely N-dealkylation sites (N-methyl/N-ethyl adjacent to an activating group) is 1. The van der Waals surface area contributed by atoms with E-state index in [0.29, 0.717) is 16.9 Å². The van der Waals surface area contributed by atoms with Gasteiger partial charge in [0.2, 0.25) is 0 Å². The first-order chi connectivity index (χ1) is 14.3. The molecule has 6 nitrogen and oxygen atoms in total. The summed E-state index contributed by atoms with van der Waals surface area (Å²) < 4.78 is 0. The first-order valence-corrected chi connectivity index (χ1v) is 10.9. The molecule has 1 aromatic carbocycles. The Bertz CT molecular complexity index is 822. The van der Waals surface area contributed by atoms with Gasteiger partial charge in [0, 0.05) is 36.3 Å². The molecule has 2 rings (SSSR count). The summed E-state index contributed by atoms with van der Waals surface area (Å²) in [6.45, 7) is 16.3. The molecule has 0 saturated carbocycles. The average molecular weight is 412 g/mol. The Kier molecular flexibility index (Phi) is 8.66. The lowest BCUT2D eigenvalue weighted by Gasteiger charge is -2.31. The van der Waals surface area contributed by atoms with Crippen LogP contribution in [0.3, 0.4) is 0 Å². The average Bonchev–Trinajstić information content (AvgIpc) is 2.72. The molecule has 0 aliphatic heterocycles. The van der Waals surface area contributed by atoms with Gasteiger partial charge in [0.05, 0.1) is 11.4 Å². The van der Waals surface area contributed by atoms with Gasteiger partial charge in [0.15, 0.2) is 0 Å². The lowest BCUT2D eigenvalue weighted by molar-refractivity contribution is 0.0644. The number of carbonyl (C=O) groups excluding carboxylic acids is 1. The summed E-state index contributed by atoms with van der Waals surface area (Å²) in [7, 11) is 0. The number of hydrogen-bond donors (Lipinski definition) is 2. The first-order valence-electron chi connectivity index (χ1n) is 10.9. The molecule has 0 radical (unpaired) electrons. The van der Waals surface area contributed by atoms with Crippen LogP contribution in [-0.4, -0.2) is 59.0 Å². The molecule has 0 bridgehead atoms. The molecule has 6 heteroatoms. The Morgan fingerprint density at radius 3 is 2.27 bits per heavy atom. The second kappa shape index (κ2) is 11.0. The van der Waals surface area contributed by atoms with E-state index in [0.717, 1.165) is 37.6 Å². The van der Waals surface area contributed by atoms with Crippen molar-refractivity contribution in [2.24, 2.45) is 0 Å². The minimum atomic E-state index is -0.00306. The molecule has 30 heavy (non-hydrogen) atoms. The van der Waals surface area contributed by atoms with Crippen LogP contribution in [0, 0.1) is 0 Å². The molecule has 1 heterocycles. The van der Waals surface area contributed by atoms with Gasteiger partial charge in [0.1, 0.15) is 5.82 Å². The molecule has 0 unspecified atom stereocenters. The number of hydrogen-bond acceptors (Lipinski definition) is 5. The van der Waals surface area contributed by atoms with Gasteiger partial charge >= 0.3 is 0 Å². The Balaban J connectivity index is 2.35. The summed E-state index contributed by atoms with van der Waals surface area (Å²) in [4.78, 5) is 22.4. The fourth-order valence-electron chi connectivity index (χ4n) is 3.75. The number of aromatic nitrogens is 1. The quantitative estimate of drug-likeness (QED) is 0.608. The molecule has 1 aromatic heterocycles. The summed E-state index contributed by atoms with van der Waals surface area (Å²) in [5.74, 6) is 0.759. The fourth-order valence-corrected chi connectivity index (χ4v) is 3.75. The van der Waals surface area contributed by atoms with Crippen LogP contribution in [0.5, 0.6) is 0 Å². The number of nitrogens with two attached hydrogens (primary N) is 1. The van der Waals surface area contributed by atoms with E-state index in [9.17, 15) is 4.79 Å². The highest BCUT2D eigenvalue weighted by Gasteiger charge is 2.25. The van der Waals surface area contributed by atoms with Gasteiger partial charge in [-0.1, -0.05) is 32.0 Å². The summed E-state index contributed by atoms with van der Waals surface area (Å²) in [6, 6.07) is 11.5. The lowest BCUT2D eigenvalue weighted by Crippen LogP contribution is -2.42. The number of nitrogen functional groups attached to an aromatic ring is 1. The molecule has 164 valence electrons. The zero-order valence-corrected chi connectivity index (χ0v) is 19.3. The van der Waals surface area contributed by atoms with Crippen LogP contribution in [0.4, 0.5) is 11.5 Å². The normalized spacial score (nSPS) is 11.4.